The Morgan fingerprint density at radius 3 is 2.87 bits per heavy atom. The van der Waals surface area contributed by atoms with E-state index in [1.54, 1.807) is 0 Å². The molecule has 2 unspecified atom stereocenters. The van der Waals surface area contributed by atoms with Crippen LogP contribution in [-0.4, -0.2) is 62.0 Å². The standard InChI is InChI=1S/C16H27N5O2/c1-4-20-8-16(15(20)11(2)3)5-12(13(22)6-16)19-14(23)7-21-10-17-9-18-21/h9-13,15,22H,4-8H2,1-3H3,(H,19,23)/t12-,13-,15?,16?/m1/s1. The van der Waals surface area contributed by atoms with Crippen molar-refractivity contribution < 1.29 is 9.90 Å². The Labute approximate surface area is 137 Å². The highest BCUT2D eigenvalue weighted by Crippen LogP contribution is 2.52. The molecule has 2 aliphatic rings. The summed E-state index contributed by atoms with van der Waals surface area (Å²) in [5.74, 6) is 0.435. The SMILES string of the molecule is CCN1CC2(C[C@@H](O)[C@H](NC(=O)Cn3cncn3)C2)C1C(C)C. The van der Waals surface area contributed by atoms with Crippen LogP contribution in [0.15, 0.2) is 12.7 Å². The molecule has 7 heteroatoms. The lowest BCUT2D eigenvalue weighted by atomic mass is 9.65. The summed E-state index contributed by atoms with van der Waals surface area (Å²) < 4.78 is 1.49. The van der Waals surface area contributed by atoms with E-state index in [2.05, 4.69) is 41.1 Å². The number of hydrogen-bond acceptors (Lipinski definition) is 5. The summed E-state index contributed by atoms with van der Waals surface area (Å²) in [6.07, 6.45) is 4.10. The number of carbonyl (C=O) groups excluding carboxylic acids is 1. The Bertz CT molecular complexity index is 547. The third-order valence-corrected chi connectivity index (χ3v) is 5.40. The number of rotatable bonds is 5. The van der Waals surface area contributed by atoms with Crippen LogP contribution in [0, 0.1) is 11.3 Å². The molecule has 0 bridgehead atoms. The smallest absolute Gasteiger partial charge is 0.242 e. The summed E-state index contributed by atoms with van der Waals surface area (Å²) in [6, 6.07) is 0.339. The van der Waals surface area contributed by atoms with Gasteiger partial charge in [0.15, 0.2) is 0 Å². The Morgan fingerprint density at radius 1 is 1.48 bits per heavy atom. The minimum Gasteiger partial charge on any atom is -0.391 e. The number of carbonyl (C=O) groups is 1. The van der Waals surface area contributed by atoms with Crippen molar-refractivity contribution in [3.05, 3.63) is 12.7 Å². The van der Waals surface area contributed by atoms with Crippen LogP contribution in [0.3, 0.4) is 0 Å². The molecule has 128 valence electrons. The van der Waals surface area contributed by atoms with E-state index in [-0.39, 0.29) is 23.9 Å². The molecule has 0 aromatic carbocycles. The number of nitrogens with one attached hydrogen (secondary N) is 1. The monoisotopic (exact) mass is 321 g/mol. The number of aliphatic hydroxyl groups is 1. The number of aromatic nitrogens is 3. The molecule has 2 N–H and O–H groups in total. The minimum atomic E-state index is -0.463. The van der Waals surface area contributed by atoms with Gasteiger partial charge in [-0.3, -0.25) is 9.69 Å². The summed E-state index contributed by atoms with van der Waals surface area (Å²) in [7, 11) is 0. The average molecular weight is 321 g/mol. The highest BCUT2D eigenvalue weighted by molar-refractivity contribution is 5.76. The number of likely N-dealkylation sites (tertiary alicyclic amines) is 1. The van der Waals surface area contributed by atoms with E-state index in [4.69, 9.17) is 0 Å². The number of hydrogen-bond donors (Lipinski definition) is 2. The number of aliphatic hydroxyl groups excluding tert-OH is 1. The van der Waals surface area contributed by atoms with E-state index in [1.807, 2.05) is 0 Å². The summed E-state index contributed by atoms with van der Waals surface area (Å²) >= 11 is 0. The first-order valence-electron chi connectivity index (χ1n) is 8.49. The van der Waals surface area contributed by atoms with Crippen LogP contribution in [0.2, 0.25) is 0 Å². The second kappa shape index (κ2) is 6.20. The Hall–Kier alpha value is -1.47. The largest absolute Gasteiger partial charge is 0.391 e. The lowest BCUT2D eigenvalue weighted by molar-refractivity contribution is -0.123. The predicted molar refractivity (Wildman–Crippen MR) is 85.5 cm³/mol. The topological polar surface area (TPSA) is 83.3 Å². The second-order valence-electron chi connectivity index (χ2n) is 7.36. The molecule has 23 heavy (non-hydrogen) atoms. The molecule has 1 aromatic heterocycles. The molecule has 1 amide bonds. The normalized spacial score (nSPS) is 34.0. The van der Waals surface area contributed by atoms with Gasteiger partial charge in [-0.1, -0.05) is 20.8 Å². The Morgan fingerprint density at radius 2 is 2.26 bits per heavy atom. The van der Waals surface area contributed by atoms with Crippen LogP contribution >= 0.6 is 0 Å². The lowest BCUT2D eigenvalue weighted by Crippen LogP contribution is -2.65. The van der Waals surface area contributed by atoms with Crippen LogP contribution in [0.25, 0.3) is 0 Å². The van der Waals surface area contributed by atoms with Crippen molar-refractivity contribution in [1.82, 2.24) is 25.0 Å². The highest BCUT2D eigenvalue weighted by atomic mass is 16.3. The highest BCUT2D eigenvalue weighted by Gasteiger charge is 2.58. The molecule has 0 radical (unpaired) electrons. The van der Waals surface area contributed by atoms with Gasteiger partial charge < -0.3 is 10.4 Å². The van der Waals surface area contributed by atoms with Crippen molar-refractivity contribution in [2.75, 3.05) is 13.1 Å². The number of nitrogens with zero attached hydrogens (tertiary/aromatic N) is 4. The fourth-order valence-corrected chi connectivity index (χ4v) is 4.76. The molecular formula is C16H27N5O2. The van der Waals surface area contributed by atoms with E-state index in [0.29, 0.717) is 12.0 Å². The molecule has 2 fully saturated rings. The molecule has 1 aliphatic carbocycles. The fraction of sp³-hybridized carbons (Fsp3) is 0.812. The molecule has 1 aliphatic heterocycles. The van der Waals surface area contributed by atoms with Crippen LogP contribution < -0.4 is 5.32 Å². The maximum atomic E-state index is 12.1. The zero-order valence-corrected chi connectivity index (χ0v) is 14.1. The van der Waals surface area contributed by atoms with Crippen molar-refractivity contribution in [1.29, 1.82) is 0 Å². The maximum Gasteiger partial charge on any atom is 0.242 e. The van der Waals surface area contributed by atoms with E-state index in [0.717, 1.165) is 25.9 Å². The quantitative estimate of drug-likeness (QED) is 0.813. The van der Waals surface area contributed by atoms with Crippen LogP contribution in [-0.2, 0) is 11.3 Å². The zero-order chi connectivity index (χ0) is 16.6. The van der Waals surface area contributed by atoms with Gasteiger partial charge in [-0.05, 0) is 25.3 Å². The van der Waals surface area contributed by atoms with Crippen molar-refractivity contribution in [3.8, 4) is 0 Å². The summed E-state index contributed by atoms with van der Waals surface area (Å²) in [6.45, 7) is 8.90. The van der Waals surface area contributed by atoms with Crippen molar-refractivity contribution in [3.63, 3.8) is 0 Å². The van der Waals surface area contributed by atoms with Gasteiger partial charge in [0, 0.05) is 18.0 Å². The van der Waals surface area contributed by atoms with Crippen molar-refractivity contribution in [2.45, 2.75) is 58.3 Å². The van der Waals surface area contributed by atoms with E-state index < -0.39 is 6.10 Å². The van der Waals surface area contributed by atoms with E-state index >= 15 is 0 Å². The van der Waals surface area contributed by atoms with Crippen LogP contribution in [0.4, 0.5) is 0 Å². The number of amides is 1. The summed E-state index contributed by atoms with van der Waals surface area (Å²) in [5.41, 5.74) is 0.148. The molecule has 4 atom stereocenters. The molecule has 2 heterocycles. The van der Waals surface area contributed by atoms with Crippen molar-refractivity contribution >= 4 is 5.91 Å². The van der Waals surface area contributed by atoms with Gasteiger partial charge in [0.2, 0.25) is 5.91 Å². The molecule has 1 aromatic rings. The Kier molecular flexibility index (Phi) is 4.42. The molecule has 1 saturated heterocycles. The van der Waals surface area contributed by atoms with Gasteiger partial charge in [0.25, 0.3) is 0 Å². The first-order chi connectivity index (χ1) is 10.9. The molecule has 1 saturated carbocycles. The van der Waals surface area contributed by atoms with Gasteiger partial charge in [0.1, 0.15) is 19.2 Å². The zero-order valence-electron chi connectivity index (χ0n) is 14.1. The van der Waals surface area contributed by atoms with Gasteiger partial charge in [-0.2, -0.15) is 5.10 Å². The maximum absolute atomic E-state index is 12.1. The van der Waals surface area contributed by atoms with Gasteiger partial charge in [0.05, 0.1) is 12.1 Å². The third kappa shape index (κ3) is 2.99. The van der Waals surface area contributed by atoms with Gasteiger partial charge in [-0.15, -0.1) is 0 Å². The molecule has 3 rings (SSSR count). The van der Waals surface area contributed by atoms with Crippen LogP contribution in [0.5, 0.6) is 0 Å². The summed E-state index contributed by atoms with van der Waals surface area (Å²) in [5, 5.41) is 17.4. The fourth-order valence-electron chi connectivity index (χ4n) is 4.76. The van der Waals surface area contributed by atoms with Gasteiger partial charge >= 0.3 is 0 Å². The summed E-state index contributed by atoms with van der Waals surface area (Å²) in [4.78, 5) is 18.5. The molecule has 1 spiro atoms. The van der Waals surface area contributed by atoms with E-state index in [1.165, 1.54) is 17.3 Å². The second-order valence-corrected chi connectivity index (χ2v) is 7.36. The molecule has 7 nitrogen and oxygen atoms in total. The lowest BCUT2D eigenvalue weighted by Gasteiger charge is -2.58. The average Bonchev–Trinajstić information content (AvgIpc) is 3.05. The van der Waals surface area contributed by atoms with Crippen LogP contribution in [0.1, 0.15) is 33.6 Å². The van der Waals surface area contributed by atoms with Crippen molar-refractivity contribution in [2.24, 2.45) is 11.3 Å². The Balaban J connectivity index is 1.61. The third-order valence-electron chi connectivity index (χ3n) is 5.40. The van der Waals surface area contributed by atoms with E-state index in [9.17, 15) is 9.90 Å². The molecular weight excluding hydrogens is 294 g/mol. The predicted octanol–water partition coefficient (Wildman–Crippen LogP) is 0.264. The first-order valence-corrected chi connectivity index (χ1v) is 8.49. The van der Waals surface area contributed by atoms with Gasteiger partial charge in [-0.25, -0.2) is 9.67 Å². The first kappa shape index (κ1) is 16.4. The minimum absolute atomic E-state index is 0.121.